The third-order valence-corrected chi connectivity index (χ3v) is 5.48. The summed E-state index contributed by atoms with van der Waals surface area (Å²) in [4.78, 5) is 45.3. The number of aldehydes is 1. The Hall–Kier alpha value is -2.00. The van der Waals surface area contributed by atoms with Crippen LogP contribution in [0.3, 0.4) is 0 Å². The van der Waals surface area contributed by atoms with E-state index in [0.717, 1.165) is 12.8 Å². The Kier molecular flexibility index (Phi) is 11.5. The van der Waals surface area contributed by atoms with Gasteiger partial charge in [-0.25, -0.2) is 14.4 Å². The van der Waals surface area contributed by atoms with Gasteiger partial charge in [0.05, 0.1) is 19.8 Å². The monoisotopic (exact) mass is 442 g/mol. The molecule has 2 fully saturated rings. The highest BCUT2D eigenvalue weighted by molar-refractivity contribution is 6.29. The molecule has 0 amide bonds. The van der Waals surface area contributed by atoms with Gasteiger partial charge < -0.3 is 23.7 Å². The second-order valence-electron chi connectivity index (χ2n) is 7.95. The van der Waals surface area contributed by atoms with Crippen LogP contribution in [0.5, 0.6) is 0 Å². The van der Waals surface area contributed by atoms with Crippen LogP contribution in [0.2, 0.25) is 0 Å². The second kappa shape index (κ2) is 14.1. The van der Waals surface area contributed by atoms with Crippen molar-refractivity contribution in [3.05, 3.63) is 0 Å². The van der Waals surface area contributed by atoms with E-state index in [2.05, 4.69) is 6.92 Å². The largest absolute Gasteiger partial charge is 0.457 e. The summed E-state index contributed by atoms with van der Waals surface area (Å²) in [5, 5.41) is 0. The summed E-state index contributed by atoms with van der Waals surface area (Å²) in [7, 11) is 0. The first kappa shape index (κ1) is 25.3. The minimum Gasteiger partial charge on any atom is -0.457 e. The maximum absolute atomic E-state index is 12.0. The lowest BCUT2D eigenvalue weighted by Gasteiger charge is -2.16. The van der Waals surface area contributed by atoms with Gasteiger partial charge in [-0.1, -0.05) is 64.7 Å². The van der Waals surface area contributed by atoms with Crippen molar-refractivity contribution < 1.29 is 42.9 Å². The molecule has 0 bridgehead atoms. The molecule has 0 spiro atoms. The molecule has 2 saturated heterocycles. The minimum absolute atomic E-state index is 0.00192. The molecule has 0 aromatic heterocycles. The van der Waals surface area contributed by atoms with Gasteiger partial charge in [-0.15, -0.1) is 0 Å². The van der Waals surface area contributed by atoms with E-state index >= 15 is 0 Å². The van der Waals surface area contributed by atoms with Gasteiger partial charge in [-0.3, -0.25) is 4.79 Å². The average Bonchev–Trinajstić information content (AvgIpc) is 3.35. The molecule has 2 aliphatic rings. The number of hydrogen-bond donors (Lipinski definition) is 0. The quantitative estimate of drug-likeness (QED) is 0.131. The van der Waals surface area contributed by atoms with Gasteiger partial charge in [-0.2, -0.15) is 0 Å². The molecule has 176 valence electrons. The third kappa shape index (κ3) is 8.57. The number of rotatable bonds is 14. The summed E-state index contributed by atoms with van der Waals surface area (Å²) >= 11 is 0. The minimum atomic E-state index is -1.10. The number of carbonyl (C=O) groups is 4. The molecule has 2 unspecified atom stereocenters. The zero-order valence-electron chi connectivity index (χ0n) is 18.3. The number of esters is 3. The molecule has 0 radical (unpaired) electrons. The summed E-state index contributed by atoms with van der Waals surface area (Å²) in [5.74, 6) is -3.16. The first-order valence-electron chi connectivity index (χ1n) is 11.3. The molecule has 0 aromatic rings. The van der Waals surface area contributed by atoms with Gasteiger partial charge in [0.15, 0.2) is 12.2 Å². The van der Waals surface area contributed by atoms with Crippen LogP contribution in [-0.2, 0) is 42.9 Å². The second-order valence-corrected chi connectivity index (χ2v) is 7.95. The first-order chi connectivity index (χ1) is 15.1. The fourth-order valence-electron chi connectivity index (χ4n) is 3.81. The van der Waals surface area contributed by atoms with Crippen molar-refractivity contribution in [3.8, 4) is 0 Å². The van der Waals surface area contributed by atoms with E-state index in [1.54, 1.807) is 0 Å². The Bertz CT molecular complexity index is 592. The van der Waals surface area contributed by atoms with Crippen molar-refractivity contribution in [3.63, 3.8) is 0 Å². The number of fused-ring (bicyclic) bond motifs is 1. The van der Waals surface area contributed by atoms with Crippen LogP contribution < -0.4 is 0 Å². The maximum Gasteiger partial charge on any atom is 0.417 e. The molecule has 2 rings (SSSR count). The zero-order valence-corrected chi connectivity index (χ0v) is 18.3. The average molecular weight is 443 g/mol. The lowest BCUT2D eigenvalue weighted by molar-refractivity contribution is -0.173. The normalized spacial score (nSPS) is 24.4. The Morgan fingerprint density at radius 1 is 0.774 bits per heavy atom. The van der Waals surface area contributed by atoms with Crippen LogP contribution in [0.4, 0.5) is 0 Å². The van der Waals surface area contributed by atoms with Crippen LogP contribution in [0.15, 0.2) is 0 Å². The van der Waals surface area contributed by atoms with Crippen molar-refractivity contribution >= 4 is 24.2 Å². The molecule has 31 heavy (non-hydrogen) atoms. The molecular weight excluding hydrogens is 408 g/mol. The number of hydrogen-bond acceptors (Lipinski definition) is 9. The van der Waals surface area contributed by atoms with Gasteiger partial charge in [0, 0.05) is 0 Å². The number of ether oxygens (including phenoxy) is 5. The molecule has 0 saturated carbocycles. The van der Waals surface area contributed by atoms with Crippen LogP contribution in [-0.4, -0.2) is 68.4 Å². The SMILES string of the molecule is CCCCCCCCCCCCOC(=O)C(=O)O[C@H]1COC2C1OC[C@@H]2OC(=O)C=O. The predicted octanol–water partition coefficient (Wildman–Crippen LogP) is 2.27. The van der Waals surface area contributed by atoms with Crippen molar-refractivity contribution in [2.45, 2.75) is 95.5 Å². The first-order valence-corrected chi connectivity index (χ1v) is 11.3. The Balaban J connectivity index is 1.53. The van der Waals surface area contributed by atoms with Crippen LogP contribution in [0.1, 0.15) is 71.1 Å². The third-order valence-electron chi connectivity index (χ3n) is 5.48. The van der Waals surface area contributed by atoms with Crippen molar-refractivity contribution in [2.24, 2.45) is 0 Å². The van der Waals surface area contributed by atoms with Gasteiger partial charge >= 0.3 is 17.9 Å². The highest BCUT2D eigenvalue weighted by Crippen LogP contribution is 2.30. The van der Waals surface area contributed by atoms with Crippen LogP contribution in [0.25, 0.3) is 0 Å². The number of unbranched alkanes of at least 4 members (excludes halogenated alkanes) is 9. The smallest absolute Gasteiger partial charge is 0.417 e. The fraction of sp³-hybridized carbons (Fsp3) is 0.818. The van der Waals surface area contributed by atoms with Crippen molar-refractivity contribution in [1.82, 2.24) is 0 Å². The summed E-state index contributed by atoms with van der Waals surface area (Å²) < 4.78 is 25.9. The predicted molar refractivity (Wildman–Crippen MR) is 108 cm³/mol. The van der Waals surface area contributed by atoms with Crippen molar-refractivity contribution in [1.29, 1.82) is 0 Å². The molecule has 0 N–H and O–H groups in total. The maximum atomic E-state index is 12.0. The van der Waals surface area contributed by atoms with Gasteiger partial charge in [0.25, 0.3) is 0 Å². The lowest BCUT2D eigenvalue weighted by Crippen LogP contribution is -2.37. The molecular formula is C22H34O9. The Morgan fingerprint density at radius 3 is 1.84 bits per heavy atom. The summed E-state index contributed by atoms with van der Waals surface area (Å²) in [6, 6.07) is 0. The molecule has 9 heteroatoms. The zero-order chi connectivity index (χ0) is 22.5. The summed E-state index contributed by atoms with van der Waals surface area (Å²) in [5.41, 5.74) is 0. The molecule has 0 aromatic carbocycles. The van der Waals surface area contributed by atoms with E-state index in [1.807, 2.05) is 0 Å². The van der Waals surface area contributed by atoms with E-state index < -0.39 is 42.3 Å². The fourth-order valence-corrected chi connectivity index (χ4v) is 3.81. The molecule has 2 heterocycles. The topological polar surface area (TPSA) is 114 Å². The summed E-state index contributed by atoms with van der Waals surface area (Å²) in [6.45, 7) is 2.41. The van der Waals surface area contributed by atoms with Gasteiger partial charge in [-0.05, 0) is 6.42 Å². The van der Waals surface area contributed by atoms with E-state index in [-0.39, 0.29) is 26.1 Å². The van der Waals surface area contributed by atoms with Crippen LogP contribution in [0, 0.1) is 0 Å². The van der Waals surface area contributed by atoms with E-state index in [0.29, 0.717) is 6.42 Å². The Labute approximate surface area is 183 Å². The van der Waals surface area contributed by atoms with Gasteiger partial charge in [0.1, 0.15) is 12.2 Å². The van der Waals surface area contributed by atoms with E-state index in [9.17, 15) is 19.2 Å². The molecule has 9 nitrogen and oxygen atoms in total. The number of carbonyl (C=O) groups excluding carboxylic acids is 4. The van der Waals surface area contributed by atoms with Crippen molar-refractivity contribution in [2.75, 3.05) is 19.8 Å². The van der Waals surface area contributed by atoms with Gasteiger partial charge in [0.2, 0.25) is 6.29 Å². The van der Waals surface area contributed by atoms with Crippen LogP contribution >= 0.6 is 0 Å². The molecule has 2 aliphatic heterocycles. The molecule has 4 atom stereocenters. The highest BCUT2D eigenvalue weighted by atomic mass is 16.7. The van der Waals surface area contributed by atoms with E-state index in [4.69, 9.17) is 23.7 Å². The summed E-state index contributed by atoms with van der Waals surface area (Å²) in [6.07, 6.45) is 8.81. The lowest BCUT2D eigenvalue weighted by atomic mass is 10.1. The highest BCUT2D eigenvalue weighted by Gasteiger charge is 2.51. The Morgan fingerprint density at radius 2 is 1.29 bits per heavy atom. The molecule has 0 aliphatic carbocycles. The standard InChI is InChI=1S/C22H34O9/c1-2-3-4-5-6-7-8-9-10-11-12-27-21(25)22(26)31-17-15-29-19-16(14-28-20(17)19)30-18(24)13-23/h13,16-17,19-20H,2-12,14-15H2,1H3/t16-,17-,19?,20?/m0/s1. The van der Waals surface area contributed by atoms with E-state index in [1.165, 1.54) is 44.9 Å².